The number of hydrogen-bond donors (Lipinski definition) is 2. The van der Waals surface area contributed by atoms with Crippen molar-refractivity contribution >= 4 is 22.4 Å². The number of phenolic OH excluding ortho intramolecular Hbond substituents is 1. The molecule has 3 rings (SSSR count). The third-order valence-electron chi connectivity index (χ3n) is 4.35. The molecular formula is C22H24N2O4. The summed E-state index contributed by atoms with van der Waals surface area (Å²) in [5, 5.41) is 13.9. The number of nitrogens with one attached hydrogen (secondary N) is 1. The summed E-state index contributed by atoms with van der Waals surface area (Å²) in [6.45, 7) is 6.82. The fourth-order valence-electron chi connectivity index (χ4n) is 3.09. The van der Waals surface area contributed by atoms with Crippen molar-refractivity contribution in [1.82, 2.24) is 4.57 Å². The number of phenols is 1. The van der Waals surface area contributed by atoms with Gasteiger partial charge in [0, 0.05) is 34.8 Å². The molecule has 1 heterocycles. The standard InChI is InChI=1S/C22H24N2O4/c1-22(2,3)13-24-11-10-15-16(21(24)27)6-5-7-17(15)23-20(26)14-8-9-19(28-4)18(25)12-14/h5-12,25H,13H2,1-4H3,(H,23,26). The summed E-state index contributed by atoms with van der Waals surface area (Å²) >= 11 is 0. The molecule has 6 heteroatoms. The minimum absolute atomic E-state index is 0.0281. The third kappa shape index (κ3) is 4.01. The molecule has 0 aliphatic rings. The van der Waals surface area contributed by atoms with Crippen LogP contribution in [0.4, 0.5) is 5.69 Å². The van der Waals surface area contributed by atoms with Gasteiger partial charge in [0.2, 0.25) is 0 Å². The van der Waals surface area contributed by atoms with Gasteiger partial charge in [0.25, 0.3) is 11.5 Å². The van der Waals surface area contributed by atoms with Gasteiger partial charge in [-0.1, -0.05) is 26.8 Å². The van der Waals surface area contributed by atoms with Crippen LogP contribution in [0.1, 0.15) is 31.1 Å². The van der Waals surface area contributed by atoms with Crippen LogP contribution in [0, 0.1) is 5.41 Å². The molecule has 2 N–H and O–H groups in total. The molecule has 0 bridgehead atoms. The van der Waals surface area contributed by atoms with Gasteiger partial charge in [-0.3, -0.25) is 9.59 Å². The van der Waals surface area contributed by atoms with Crippen molar-refractivity contribution in [1.29, 1.82) is 0 Å². The van der Waals surface area contributed by atoms with Crippen molar-refractivity contribution in [3.8, 4) is 11.5 Å². The van der Waals surface area contributed by atoms with Crippen LogP contribution in [-0.4, -0.2) is 22.7 Å². The molecule has 6 nitrogen and oxygen atoms in total. The molecule has 0 atom stereocenters. The number of pyridine rings is 1. The largest absolute Gasteiger partial charge is 0.504 e. The Labute approximate surface area is 163 Å². The van der Waals surface area contributed by atoms with E-state index in [0.29, 0.717) is 28.8 Å². The van der Waals surface area contributed by atoms with Gasteiger partial charge >= 0.3 is 0 Å². The van der Waals surface area contributed by atoms with Crippen molar-refractivity contribution < 1.29 is 14.6 Å². The van der Waals surface area contributed by atoms with E-state index in [1.807, 2.05) is 6.07 Å². The highest BCUT2D eigenvalue weighted by molar-refractivity contribution is 6.09. The molecule has 1 amide bonds. The zero-order chi connectivity index (χ0) is 20.5. The van der Waals surface area contributed by atoms with Crippen LogP contribution in [0.2, 0.25) is 0 Å². The Kier molecular flexibility index (Phi) is 5.14. The lowest BCUT2D eigenvalue weighted by atomic mass is 9.96. The van der Waals surface area contributed by atoms with Crippen LogP contribution < -0.4 is 15.6 Å². The first kappa shape index (κ1) is 19.5. The summed E-state index contributed by atoms with van der Waals surface area (Å²) in [4.78, 5) is 25.4. The predicted octanol–water partition coefficient (Wildman–Crippen LogP) is 4.01. The second-order valence-electron chi connectivity index (χ2n) is 7.92. The van der Waals surface area contributed by atoms with Gasteiger partial charge in [-0.15, -0.1) is 0 Å². The zero-order valence-corrected chi connectivity index (χ0v) is 16.4. The Balaban J connectivity index is 1.95. The summed E-state index contributed by atoms with van der Waals surface area (Å²) in [6.07, 6.45) is 1.75. The minimum Gasteiger partial charge on any atom is -0.504 e. The number of nitrogens with zero attached hydrogens (tertiary/aromatic N) is 1. The van der Waals surface area contributed by atoms with Gasteiger partial charge < -0.3 is 19.7 Å². The molecular weight excluding hydrogens is 356 g/mol. The van der Waals surface area contributed by atoms with E-state index in [1.54, 1.807) is 35.0 Å². The molecule has 0 saturated heterocycles. The van der Waals surface area contributed by atoms with E-state index in [-0.39, 0.29) is 28.2 Å². The summed E-state index contributed by atoms with van der Waals surface area (Å²) in [7, 11) is 1.44. The van der Waals surface area contributed by atoms with Crippen LogP contribution in [0.15, 0.2) is 53.5 Å². The Morgan fingerprint density at radius 1 is 1.14 bits per heavy atom. The first-order valence-electron chi connectivity index (χ1n) is 9.00. The molecule has 28 heavy (non-hydrogen) atoms. The van der Waals surface area contributed by atoms with Crippen molar-refractivity contribution in [3.63, 3.8) is 0 Å². The topological polar surface area (TPSA) is 80.6 Å². The fourth-order valence-corrected chi connectivity index (χ4v) is 3.09. The molecule has 146 valence electrons. The van der Waals surface area contributed by atoms with Gasteiger partial charge in [-0.25, -0.2) is 0 Å². The molecule has 2 aromatic carbocycles. The Morgan fingerprint density at radius 2 is 1.89 bits per heavy atom. The van der Waals surface area contributed by atoms with E-state index >= 15 is 0 Å². The van der Waals surface area contributed by atoms with Gasteiger partial charge in [-0.2, -0.15) is 0 Å². The van der Waals surface area contributed by atoms with Gasteiger partial charge in [-0.05, 0) is 41.8 Å². The zero-order valence-electron chi connectivity index (χ0n) is 16.4. The van der Waals surface area contributed by atoms with E-state index in [0.717, 1.165) is 0 Å². The average molecular weight is 380 g/mol. The average Bonchev–Trinajstić information content (AvgIpc) is 2.63. The molecule has 0 unspecified atom stereocenters. The molecule has 0 saturated carbocycles. The van der Waals surface area contributed by atoms with Gasteiger partial charge in [0.15, 0.2) is 11.5 Å². The normalized spacial score (nSPS) is 11.4. The molecule has 3 aromatic rings. The summed E-state index contributed by atoms with van der Waals surface area (Å²) in [5.41, 5.74) is 0.708. The highest BCUT2D eigenvalue weighted by Gasteiger charge is 2.15. The number of hydrogen-bond acceptors (Lipinski definition) is 4. The number of methoxy groups -OCH3 is 1. The Bertz CT molecular complexity index is 1090. The summed E-state index contributed by atoms with van der Waals surface area (Å²) in [6, 6.07) is 11.5. The monoisotopic (exact) mass is 380 g/mol. The number of anilines is 1. The molecule has 1 aromatic heterocycles. The second kappa shape index (κ2) is 7.38. The van der Waals surface area contributed by atoms with E-state index in [4.69, 9.17) is 4.74 Å². The minimum atomic E-state index is -0.385. The van der Waals surface area contributed by atoms with Crippen molar-refractivity contribution in [2.75, 3.05) is 12.4 Å². The lowest BCUT2D eigenvalue weighted by molar-refractivity contribution is 0.102. The molecule has 0 spiro atoms. The third-order valence-corrected chi connectivity index (χ3v) is 4.35. The number of fused-ring (bicyclic) bond motifs is 1. The van der Waals surface area contributed by atoms with Crippen molar-refractivity contribution in [2.45, 2.75) is 27.3 Å². The van der Waals surface area contributed by atoms with Gasteiger partial charge in [0.05, 0.1) is 7.11 Å². The maximum atomic E-state index is 12.8. The SMILES string of the molecule is COc1ccc(C(=O)Nc2cccc3c(=O)n(CC(C)(C)C)ccc23)cc1O. The Morgan fingerprint density at radius 3 is 2.54 bits per heavy atom. The summed E-state index contributed by atoms with van der Waals surface area (Å²) in [5.74, 6) is -0.205. The quantitative estimate of drug-likeness (QED) is 0.716. The number of benzene rings is 2. The van der Waals surface area contributed by atoms with E-state index in [9.17, 15) is 14.7 Å². The maximum absolute atomic E-state index is 12.8. The second-order valence-corrected chi connectivity index (χ2v) is 7.92. The maximum Gasteiger partial charge on any atom is 0.258 e. The molecule has 0 aliphatic carbocycles. The van der Waals surface area contributed by atoms with Crippen LogP contribution in [0.3, 0.4) is 0 Å². The van der Waals surface area contributed by atoms with E-state index < -0.39 is 0 Å². The Hall–Kier alpha value is -3.28. The van der Waals surface area contributed by atoms with E-state index in [1.165, 1.54) is 19.2 Å². The van der Waals surface area contributed by atoms with Crippen LogP contribution in [0.25, 0.3) is 10.8 Å². The number of aromatic nitrogens is 1. The van der Waals surface area contributed by atoms with Crippen molar-refractivity contribution in [3.05, 3.63) is 64.6 Å². The fraction of sp³-hybridized carbons (Fsp3) is 0.273. The van der Waals surface area contributed by atoms with Crippen LogP contribution in [-0.2, 0) is 6.54 Å². The number of amides is 1. The highest BCUT2D eigenvalue weighted by atomic mass is 16.5. The summed E-state index contributed by atoms with van der Waals surface area (Å²) < 4.78 is 6.69. The number of ether oxygens (including phenoxy) is 1. The number of carbonyl (C=O) groups is 1. The number of carbonyl (C=O) groups excluding carboxylic acids is 1. The predicted molar refractivity (Wildman–Crippen MR) is 110 cm³/mol. The van der Waals surface area contributed by atoms with Crippen LogP contribution >= 0.6 is 0 Å². The number of aromatic hydroxyl groups is 1. The molecule has 0 radical (unpaired) electrons. The van der Waals surface area contributed by atoms with Crippen molar-refractivity contribution in [2.24, 2.45) is 5.41 Å². The number of rotatable bonds is 4. The smallest absolute Gasteiger partial charge is 0.258 e. The molecule has 0 fully saturated rings. The lowest BCUT2D eigenvalue weighted by Gasteiger charge is -2.20. The molecule has 0 aliphatic heterocycles. The highest BCUT2D eigenvalue weighted by Crippen LogP contribution is 2.27. The lowest BCUT2D eigenvalue weighted by Crippen LogP contribution is -2.26. The van der Waals surface area contributed by atoms with Gasteiger partial charge in [0.1, 0.15) is 0 Å². The van der Waals surface area contributed by atoms with E-state index in [2.05, 4.69) is 26.1 Å². The van der Waals surface area contributed by atoms with Crippen LogP contribution in [0.5, 0.6) is 11.5 Å². The first-order valence-corrected chi connectivity index (χ1v) is 9.00. The first-order chi connectivity index (χ1) is 13.2.